The van der Waals surface area contributed by atoms with Gasteiger partial charge in [0.1, 0.15) is 0 Å². The first-order valence-corrected chi connectivity index (χ1v) is 4.30. The summed E-state index contributed by atoms with van der Waals surface area (Å²) in [6, 6.07) is 3.17. The maximum atomic E-state index is 11.3. The van der Waals surface area contributed by atoms with E-state index in [4.69, 9.17) is 4.74 Å². The summed E-state index contributed by atoms with van der Waals surface area (Å²) in [6.45, 7) is 3.36. The Labute approximate surface area is 81.9 Å². The maximum absolute atomic E-state index is 11.3. The average Bonchev–Trinajstić information content (AvgIpc) is 2.18. The number of nitrogens with zero attached hydrogens (tertiary/aromatic N) is 1. The van der Waals surface area contributed by atoms with Crippen molar-refractivity contribution in [2.75, 3.05) is 6.61 Å². The van der Waals surface area contributed by atoms with Crippen LogP contribution in [0.3, 0.4) is 0 Å². The van der Waals surface area contributed by atoms with E-state index >= 15 is 0 Å². The van der Waals surface area contributed by atoms with E-state index < -0.39 is 5.97 Å². The summed E-state index contributed by atoms with van der Waals surface area (Å²) in [5.74, 6) is -0.751. The fourth-order valence-electron chi connectivity index (χ4n) is 1.05. The van der Waals surface area contributed by atoms with Crippen LogP contribution in [0.1, 0.15) is 34.7 Å². The van der Waals surface area contributed by atoms with Crippen LogP contribution in [-0.2, 0) is 4.74 Å². The number of hydrogen-bond donors (Lipinski definition) is 0. The number of aromatic nitrogens is 1. The summed E-state index contributed by atoms with van der Waals surface area (Å²) in [5.41, 5.74) is 0.382. The van der Waals surface area contributed by atoms with E-state index in [1.165, 1.54) is 13.1 Å². The van der Waals surface area contributed by atoms with Gasteiger partial charge in [-0.1, -0.05) is 0 Å². The standard InChI is InChI=1S/C10H11NO3/c1-3-14-10(13)9-8(7(2)12)5-4-6-11-9/h4-6H,3H2,1-2H3. The average molecular weight is 193 g/mol. The van der Waals surface area contributed by atoms with E-state index in [-0.39, 0.29) is 18.1 Å². The van der Waals surface area contributed by atoms with Crippen molar-refractivity contribution in [3.8, 4) is 0 Å². The van der Waals surface area contributed by atoms with Crippen LogP contribution in [-0.4, -0.2) is 23.3 Å². The molecule has 1 rings (SSSR count). The Morgan fingerprint density at radius 2 is 2.21 bits per heavy atom. The van der Waals surface area contributed by atoms with Gasteiger partial charge in [0.05, 0.1) is 12.2 Å². The second-order valence-corrected chi connectivity index (χ2v) is 2.68. The number of carbonyl (C=O) groups excluding carboxylic acids is 2. The molecule has 0 unspecified atom stereocenters. The van der Waals surface area contributed by atoms with Crippen LogP contribution >= 0.6 is 0 Å². The van der Waals surface area contributed by atoms with Crippen LogP contribution in [0, 0.1) is 0 Å². The van der Waals surface area contributed by atoms with Gasteiger partial charge < -0.3 is 4.74 Å². The molecule has 0 saturated heterocycles. The van der Waals surface area contributed by atoms with Gasteiger partial charge in [-0.05, 0) is 26.0 Å². The van der Waals surface area contributed by atoms with E-state index in [1.54, 1.807) is 19.1 Å². The van der Waals surface area contributed by atoms with Gasteiger partial charge in [0, 0.05) is 6.20 Å². The molecule has 0 atom stereocenters. The molecule has 0 saturated carbocycles. The molecule has 0 aliphatic carbocycles. The van der Waals surface area contributed by atoms with Crippen molar-refractivity contribution in [2.24, 2.45) is 0 Å². The fraction of sp³-hybridized carbons (Fsp3) is 0.300. The Kier molecular flexibility index (Phi) is 3.34. The van der Waals surface area contributed by atoms with Gasteiger partial charge in [-0.15, -0.1) is 0 Å². The monoisotopic (exact) mass is 193 g/mol. The molecule has 0 bridgehead atoms. The quantitative estimate of drug-likeness (QED) is 0.538. The van der Waals surface area contributed by atoms with Crippen LogP contribution in [0.15, 0.2) is 18.3 Å². The third kappa shape index (κ3) is 2.16. The number of rotatable bonds is 3. The largest absolute Gasteiger partial charge is 0.461 e. The molecule has 14 heavy (non-hydrogen) atoms. The Balaban J connectivity index is 3.07. The van der Waals surface area contributed by atoms with E-state index in [1.807, 2.05) is 0 Å². The summed E-state index contributed by atoms with van der Waals surface area (Å²) < 4.78 is 4.77. The summed E-state index contributed by atoms with van der Waals surface area (Å²) in [6.07, 6.45) is 1.46. The summed E-state index contributed by atoms with van der Waals surface area (Å²) in [5, 5.41) is 0. The van der Waals surface area contributed by atoms with Crippen molar-refractivity contribution in [1.82, 2.24) is 4.98 Å². The van der Waals surface area contributed by atoms with Crippen LogP contribution in [0.25, 0.3) is 0 Å². The fourth-order valence-corrected chi connectivity index (χ4v) is 1.05. The van der Waals surface area contributed by atoms with Crippen molar-refractivity contribution >= 4 is 11.8 Å². The first-order valence-electron chi connectivity index (χ1n) is 4.30. The molecule has 0 radical (unpaired) electrons. The highest BCUT2D eigenvalue weighted by atomic mass is 16.5. The van der Waals surface area contributed by atoms with Gasteiger partial charge >= 0.3 is 5.97 Å². The number of Topliss-reactive ketones (excluding diaryl/α,β-unsaturated/α-hetero) is 1. The number of pyridine rings is 1. The molecular weight excluding hydrogens is 182 g/mol. The Hall–Kier alpha value is -1.71. The third-order valence-electron chi connectivity index (χ3n) is 1.66. The molecule has 4 heteroatoms. The molecule has 0 aliphatic rings. The highest BCUT2D eigenvalue weighted by Gasteiger charge is 2.15. The molecule has 1 heterocycles. The smallest absolute Gasteiger partial charge is 0.357 e. The van der Waals surface area contributed by atoms with Crippen molar-refractivity contribution < 1.29 is 14.3 Å². The van der Waals surface area contributed by atoms with Gasteiger partial charge in [0.15, 0.2) is 11.5 Å². The molecule has 0 N–H and O–H groups in total. The van der Waals surface area contributed by atoms with E-state index in [0.717, 1.165) is 0 Å². The zero-order valence-corrected chi connectivity index (χ0v) is 8.11. The Morgan fingerprint density at radius 1 is 1.50 bits per heavy atom. The summed E-state index contributed by atoms with van der Waals surface area (Å²) in [4.78, 5) is 26.3. The third-order valence-corrected chi connectivity index (χ3v) is 1.66. The number of ether oxygens (including phenoxy) is 1. The van der Waals surface area contributed by atoms with E-state index in [2.05, 4.69) is 4.98 Å². The van der Waals surface area contributed by atoms with Crippen molar-refractivity contribution in [3.05, 3.63) is 29.6 Å². The predicted octanol–water partition coefficient (Wildman–Crippen LogP) is 1.46. The zero-order valence-electron chi connectivity index (χ0n) is 8.11. The predicted molar refractivity (Wildman–Crippen MR) is 50.2 cm³/mol. The Morgan fingerprint density at radius 3 is 2.79 bits per heavy atom. The molecule has 0 fully saturated rings. The lowest BCUT2D eigenvalue weighted by molar-refractivity contribution is 0.0516. The SMILES string of the molecule is CCOC(=O)c1ncccc1C(C)=O. The highest BCUT2D eigenvalue weighted by molar-refractivity contribution is 6.03. The second kappa shape index (κ2) is 4.50. The Bertz CT molecular complexity index is 360. The first-order chi connectivity index (χ1) is 6.66. The lowest BCUT2D eigenvalue weighted by atomic mass is 10.1. The van der Waals surface area contributed by atoms with Crippen LogP contribution in [0.5, 0.6) is 0 Å². The number of ketones is 1. The molecule has 1 aromatic heterocycles. The number of hydrogen-bond acceptors (Lipinski definition) is 4. The van der Waals surface area contributed by atoms with Crippen LogP contribution in [0.2, 0.25) is 0 Å². The summed E-state index contributed by atoms with van der Waals surface area (Å²) in [7, 11) is 0. The van der Waals surface area contributed by atoms with Crippen LogP contribution in [0.4, 0.5) is 0 Å². The highest BCUT2D eigenvalue weighted by Crippen LogP contribution is 2.07. The lowest BCUT2D eigenvalue weighted by Crippen LogP contribution is -2.12. The second-order valence-electron chi connectivity index (χ2n) is 2.68. The molecule has 0 amide bonds. The number of carbonyl (C=O) groups is 2. The van der Waals surface area contributed by atoms with Crippen molar-refractivity contribution in [2.45, 2.75) is 13.8 Å². The molecular formula is C10H11NO3. The minimum absolute atomic E-state index is 0.0850. The normalized spacial score (nSPS) is 9.57. The topological polar surface area (TPSA) is 56.3 Å². The summed E-state index contributed by atoms with van der Waals surface area (Å²) >= 11 is 0. The number of esters is 1. The molecule has 1 aromatic rings. The lowest BCUT2D eigenvalue weighted by Gasteiger charge is -2.03. The molecule has 0 spiro atoms. The van der Waals surface area contributed by atoms with Gasteiger partial charge in [-0.3, -0.25) is 4.79 Å². The van der Waals surface area contributed by atoms with E-state index in [0.29, 0.717) is 5.56 Å². The van der Waals surface area contributed by atoms with Gasteiger partial charge in [0.25, 0.3) is 0 Å². The van der Waals surface area contributed by atoms with Gasteiger partial charge in [-0.25, -0.2) is 9.78 Å². The maximum Gasteiger partial charge on any atom is 0.357 e. The zero-order chi connectivity index (χ0) is 10.6. The van der Waals surface area contributed by atoms with Gasteiger partial charge in [0.2, 0.25) is 0 Å². The van der Waals surface area contributed by atoms with Crippen molar-refractivity contribution in [1.29, 1.82) is 0 Å². The van der Waals surface area contributed by atoms with Crippen LogP contribution < -0.4 is 0 Å². The minimum Gasteiger partial charge on any atom is -0.461 e. The van der Waals surface area contributed by atoms with E-state index in [9.17, 15) is 9.59 Å². The van der Waals surface area contributed by atoms with Crippen molar-refractivity contribution in [3.63, 3.8) is 0 Å². The molecule has 74 valence electrons. The van der Waals surface area contributed by atoms with Gasteiger partial charge in [-0.2, -0.15) is 0 Å². The first kappa shape index (κ1) is 10.4. The minimum atomic E-state index is -0.557. The molecule has 0 aromatic carbocycles. The molecule has 4 nitrogen and oxygen atoms in total. The molecule has 0 aliphatic heterocycles.